The molecule has 3 aliphatic heterocycles. The second-order valence-electron chi connectivity index (χ2n) is 6.09. The number of hydrogen-bond acceptors (Lipinski definition) is 4. The standard InChI is InChI=1S/C16H19NO4/c1-10-6-12-8-17(5-4-13(12)21-10)16(18)11-2-3-14-15(7-11)20-9-19-14/h2-3,7,10,12-13H,4-6,8-9H2,1H3/t10-,12-,13-/m1/s1. The van der Waals surface area contributed by atoms with Crippen molar-refractivity contribution in [2.75, 3.05) is 19.9 Å². The van der Waals surface area contributed by atoms with Gasteiger partial charge in [0.2, 0.25) is 6.79 Å². The summed E-state index contributed by atoms with van der Waals surface area (Å²) in [6.45, 7) is 3.90. The highest BCUT2D eigenvalue weighted by Gasteiger charge is 2.38. The summed E-state index contributed by atoms with van der Waals surface area (Å²) in [6.07, 6.45) is 2.64. The third-order valence-electron chi connectivity index (χ3n) is 4.61. The number of carbonyl (C=O) groups is 1. The van der Waals surface area contributed by atoms with Crippen molar-refractivity contribution < 1.29 is 19.0 Å². The van der Waals surface area contributed by atoms with Gasteiger partial charge in [0.05, 0.1) is 12.2 Å². The minimum atomic E-state index is 0.0753. The molecule has 0 bridgehead atoms. The Bertz CT molecular complexity index is 573. The van der Waals surface area contributed by atoms with E-state index in [1.165, 1.54) is 0 Å². The van der Waals surface area contributed by atoms with Crippen molar-refractivity contribution in [1.29, 1.82) is 0 Å². The summed E-state index contributed by atoms with van der Waals surface area (Å²) in [5.41, 5.74) is 0.671. The van der Waals surface area contributed by atoms with Gasteiger partial charge in [-0.3, -0.25) is 4.79 Å². The maximum Gasteiger partial charge on any atom is 0.254 e. The summed E-state index contributed by atoms with van der Waals surface area (Å²) in [4.78, 5) is 14.6. The molecule has 3 atom stereocenters. The average Bonchev–Trinajstić information content (AvgIpc) is 3.09. The molecule has 0 aromatic heterocycles. The van der Waals surface area contributed by atoms with Crippen LogP contribution in [0.4, 0.5) is 0 Å². The zero-order valence-electron chi connectivity index (χ0n) is 12.1. The third kappa shape index (κ3) is 2.25. The molecule has 3 heterocycles. The topological polar surface area (TPSA) is 48.0 Å². The SMILES string of the molecule is C[C@@H]1C[C@@H]2CN(C(=O)c3ccc4c(c3)OCO4)CC[C@H]2O1. The van der Waals surface area contributed by atoms with Crippen LogP contribution in [0.1, 0.15) is 30.1 Å². The van der Waals surface area contributed by atoms with Gasteiger partial charge in [-0.15, -0.1) is 0 Å². The van der Waals surface area contributed by atoms with Gasteiger partial charge in [-0.1, -0.05) is 0 Å². The first-order valence-electron chi connectivity index (χ1n) is 7.55. The van der Waals surface area contributed by atoms with E-state index in [1.54, 1.807) is 6.07 Å². The number of benzene rings is 1. The molecular formula is C16H19NO4. The molecule has 2 fully saturated rings. The molecule has 3 aliphatic rings. The van der Waals surface area contributed by atoms with E-state index < -0.39 is 0 Å². The molecule has 1 aromatic carbocycles. The summed E-state index contributed by atoms with van der Waals surface area (Å²) in [5, 5.41) is 0. The van der Waals surface area contributed by atoms with Crippen LogP contribution in [0.5, 0.6) is 11.5 Å². The molecule has 21 heavy (non-hydrogen) atoms. The van der Waals surface area contributed by atoms with Crippen molar-refractivity contribution in [2.45, 2.75) is 32.0 Å². The molecule has 0 saturated carbocycles. The van der Waals surface area contributed by atoms with Crippen LogP contribution in [0.15, 0.2) is 18.2 Å². The highest BCUT2D eigenvalue weighted by atomic mass is 16.7. The number of amides is 1. The lowest BCUT2D eigenvalue weighted by Gasteiger charge is -2.34. The lowest BCUT2D eigenvalue weighted by atomic mass is 9.92. The molecule has 5 heteroatoms. The molecule has 5 nitrogen and oxygen atoms in total. The van der Waals surface area contributed by atoms with Crippen molar-refractivity contribution in [1.82, 2.24) is 4.90 Å². The number of piperidine rings is 1. The largest absolute Gasteiger partial charge is 0.454 e. The number of nitrogens with zero attached hydrogens (tertiary/aromatic N) is 1. The van der Waals surface area contributed by atoms with Crippen LogP contribution >= 0.6 is 0 Å². The summed E-state index contributed by atoms with van der Waals surface area (Å²) >= 11 is 0. The van der Waals surface area contributed by atoms with Gasteiger partial charge in [0.1, 0.15) is 0 Å². The van der Waals surface area contributed by atoms with Gasteiger partial charge in [0.15, 0.2) is 11.5 Å². The summed E-state index contributed by atoms with van der Waals surface area (Å²) in [5.74, 6) is 1.93. The van der Waals surface area contributed by atoms with Gasteiger partial charge in [-0.05, 0) is 38.0 Å². The molecule has 1 amide bonds. The van der Waals surface area contributed by atoms with Crippen LogP contribution in [0.3, 0.4) is 0 Å². The summed E-state index contributed by atoms with van der Waals surface area (Å²) in [7, 11) is 0. The van der Waals surface area contributed by atoms with Crippen LogP contribution in [0, 0.1) is 5.92 Å². The molecule has 0 radical (unpaired) electrons. The van der Waals surface area contributed by atoms with Crippen molar-refractivity contribution in [2.24, 2.45) is 5.92 Å². The van der Waals surface area contributed by atoms with E-state index in [4.69, 9.17) is 14.2 Å². The maximum atomic E-state index is 12.7. The molecule has 0 N–H and O–H groups in total. The highest BCUT2D eigenvalue weighted by molar-refractivity contribution is 5.95. The van der Waals surface area contributed by atoms with Crippen molar-refractivity contribution in [3.63, 3.8) is 0 Å². The van der Waals surface area contributed by atoms with Crippen molar-refractivity contribution >= 4 is 5.91 Å². The predicted molar refractivity (Wildman–Crippen MR) is 75.5 cm³/mol. The summed E-state index contributed by atoms with van der Waals surface area (Å²) < 4.78 is 16.5. The fourth-order valence-electron chi connectivity index (χ4n) is 3.59. The van der Waals surface area contributed by atoms with Crippen LogP contribution in [0.2, 0.25) is 0 Å². The van der Waals surface area contributed by atoms with Crippen LogP contribution in [0.25, 0.3) is 0 Å². The Morgan fingerprint density at radius 2 is 2.14 bits per heavy atom. The van der Waals surface area contributed by atoms with Gasteiger partial charge in [-0.25, -0.2) is 0 Å². The van der Waals surface area contributed by atoms with Crippen molar-refractivity contribution in [3.05, 3.63) is 23.8 Å². The lowest BCUT2D eigenvalue weighted by Crippen LogP contribution is -2.44. The minimum absolute atomic E-state index is 0.0753. The monoisotopic (exact) mass is 289 g/mol. The molecule has 0 unspecified atom stereocenters. The van der Waals surface area contributed by atoms with Gasteiger partial charge in [0.25, 0.3) is 5.91 Å². The van der Waals surface area contributed by atoms with E-state index in [0.29, 0.717) is 35.2 Å². The van der Waals surface area contributed by atoms with Crippen LogP contribution in [-0.2, 0) is 4.74 Å². The zero-order chi connectivity index (χ0) is 14.4. The number of fused-ring (bicyclic) bond motifs is 2. The van der Waals surface area contributed by atoms with E-state index in [2.05, 4.69) is 6.92 Å². The molecule has 2 saturated heterocycles. The fraction of sp³-hybridized carbons (Fsp3) is 0.562. The average molecular weight is 289 g/mol. The van der Waals surface area contributed by atoms with E-state index >= 15 is 0 Å². The maximum absolute atomic E-state index is 12.7. The van der Waals surface area contributed by atoms with Gasteiger partial charge >= 0.3 is 0 Å². The second kappa shape index (κ2) is 4.91. The normalized spacial score (nSPS) is 30.3. The van der Waals surface area contributed by atoms with E-state index in [-0.39, 0.29) is 12.7 Å². The van der Waals surface area contributed by atoms with E-state index in [0.717, 1.165) is 25.9 Å². The van der Waals surface area contributed by atoms with Gasteiger partial charge < -0.3 is 19.1 Å². The Hall–Kier alpha value is -1.75. The predicted octanol–water partition coefficient (Wildman–Crippen LogP) is 2.05. The molecule has 1 aromatic rings. The third-order valence-corrected chi connectivity index (χ3v) is 4.61. The van der Waals surface area contributed by atoms with Gasteiger partial charge in [0, 0.05) is 24.6 Å². The first-order chi connectivity index (χ1) is 10.2. The second-order valence-corrected chi connectivity index (χ2v) is 6.09. The van der Waals surface area contributed by atoms with Crippen LogP contribution < -0.4 is 9.47 Å². The van der Waals surface area contributed by atoms with Crippen LogP contribution in [-0.4, -0.2) is 42.9 Å². The molecular weight excluding hydrogens is 270 g/mol. The Morgan fingerprint density at radius 1 is 1.29 bits per heavy atom. The van der Waals surface area contributed by atoms with Gasteiger partial charge in [-0.2, -0.15) is 0 Å². The Balaban J connectivity index is 1.50. The Labute approximate surface area is 123 Å². The lowest BCUT2D eigenvalue weighted by molar-refractivity contribution is 0.00864. The first-order valence-corrected chi connectivity index (χ1v) is 7.55. The smallest absolute Gasteiger partial charge is 0.254 e. The number of rotatable bonds is 1. The molecule has 4 rings (SSSR count). The number of likely N-dealkylation sites (tertiary alicyclic amines) is 1. The number of ether oxygens (including phenoxy) is 3. The van der Waals surface area contributed by atoms with E-state index in [1.807, 2.05) is 17.0 Å². The number of hydrogen-bond donors (Lipinski definition) is 0. The number of carbonyl (C=O) groups excluding carboxylic acids is 1. The zero-order valence-corrected chi connectivity index (χ0v) is 12.1. The Kier molecular flexibility index (Phi) is 3.03. The van der Waals surface area contributed by atoms with Crippen molar-refractivity contribution in [3.8, 4) is 11.5 Å². The Morgan fingerprint density at radius 3 is 3.05 bits per heavy atom. The summed E-state index contributed by atoms with van der Waals surface area (Å²) in [6, 6.07) is 5.41. The molecule has 0 aliphatic carbocycles. The highest BCUT2D eigenvalue weighted by Crippen LogP contribution is 2.35. The minimum Gasteiger partial charge on any atom is -0.454 e. The fourth-order valence-corrected chi connectivity index (χ4v) is 3.59. The quantitative estimate of drug-likeness (QED) is 0.794. The molecule has 0 spiro atoms. The van der Waals surface area contributed by atoms with E-state index in [9.17, 15) is 4.79 Å². The molecule has 112 valence electrons. The first kappa shape index (κ1) is 13.0.